The van der Waals surface area contributed by atoms with Gasteiger partial charge in [0.25, 0.3) is 0 Å². The predicted molar refractivity (Wildman–Crippen MR) is 97.0 cm³/mol. The maximum absolute atomic E-state index is 12.1. The molecule has 1 amide bonds. The van der Waals surface area contributed by atoms with Crippen molar-refractivity contribution in [3.63, 3.8) is 0 Å². The summed E-state index contributed by atoms with van der Waals surface area (Å²) in [6.07, 6.45) is 5.61. The molecule has 2 heterocycles. The minimum absolute atomic E-state index is 0.0936. The summed E-state index contributed by atoms with van der Waals surface area (Å²) in [5, 5.41) is 3.02. The van der Waals surface area contributed by atoms with Crippen LogP contribution >= 0.6 is 0 Å². The molecule has 1 saturated heterocycles. The fourth-order valence-corrected chi connectivity index (χ4v) is 3.10. The third-order valence-corrected chi connectivity index (χ3v) is 4.45. The van der Waals surface area contributed by atoms with Crippen molar-refractivity contribution in [1.29, 1.82) is 0 Å². The van der Waals surface area contributed by atoms with E-state index in [1.807, 2.05) is 18.3 Å². The molecule has 0 bridgehead atoms. The average molecular weight is 323 g/mol. The van der Waals surface area contributed by atoms with E-state index in [4.69, 9.17) is 0 Å². The molecule has 0 atom stereocenters. The van der Waals surface area contributed by atoms with E-state index in [1.165, 1.54) is 24.0 Å². The molecule has 24 heavy (non-hydrogen) atoms. The molecular weight excluding hydrogens is 298 g/mol. The molecule has 3 rings (SSSR count). The second kappa shape index (κ2) is 7.95. The van der Waals surface area contributed by atoms with Gasteiger partial charge < -0.3 is 10.2 Å². The maximum Gasteiger partial charge on any atom is 0.220 e. The van der Waals surface area contributed by atoms with E-state index in [0.717, 1.165) is 30.9 Å². The molecule has 1 aliphatic heterocycles. The number of pyridine rings is 1. The lowest BCUT2D eigenvalue weighted by Gasteiger charge is -2.17. The molecule has 0 radical (unpaired) electrons. The van der Waals surface area contributed by atoms with Crippen LogP contribution in [-0.4, -0.2) is 24.0 Å². The van der Waals surface area contributed by atoms with Crippen molar-refractivity contribution in [2.24, 2.45) is 0 Å². The number of nitrogens with one attached hydrogen (secondary N) is 1. The van der Waals surface area contributed by atoms with Crippen LogP contribution in [0, 0.1) is 6.92 Å². The van der Waals surface area contributed by atoms with Crippen LogP contribution in [0.15, 0.2) is 42.6 Å². The lowest BCUT2D eigenvalue weighted by Crippen LogP contribution is -2.24. The van der Waals surface area contributed by atoms with Crippen LogP contribution in [0.25, 0.3) is 0 Å². The molecule has 1 aliphatic rings. The highest BCUT2D eigenvalue weighted by Gasteiger charge is 2.13. The normalized spacial score (nSPS) is 14.0. The van der Waals surface area contributed by atoms with Crippen molar-refractivity contribution >= 4 is 11.7 Å². The number of anilines is 1. The summed E-state index contributed by atoms with van der Waals surface area (Å²) < 4.78 is 0. The summed E-state index contributed by atoms with van der Waals surface area (Å²) in [4.78, 5) is 18.8. The lowest BCUT2D eigenvalue weighted by molar-refractivity contribution is -0.121. The van der Waals surface area contributed by atoms with Gasteiger partial charge in [0, 0.05) is 32.3 Å². The Morgan fingerprint density at radius 1 is 1.17 bits per heavy atom. The molecule has 1 aromatic carbocycles. The first kappa shape index (κ1) is 16.5. The van der Waals surface area contributed by atoms with E-state index in [1.54, 1.807) is 0 Å². The zero-order valence-corrected chi connectivity index (χ0v) is 14.3. The van der Waals surface area contributed by atoms with Gasteiger partial charge in [0.15, 0.2) is 0 Å². The topological polar surface area (TPSA) is 45.2 Å². The van der Waals surface area contributed by atoms with Gasteiger partial charge in [0.2, 0.25) is 5.91 Å². The second-order valence-electron chi connectivity index (χ2n) is 6.48. The third kappa shape index (κ3) is 4.57. The van der Waals surface area contributed by atoms with Crippen LogP contribution in [-0.2, 0) is 17.8 Å². The number of aromatic nitrogens is 1. The van der Waals surface area contributed by atoms with Crippen LogP contribution in [0.5, 0.6) is 0 Å². The van der Waals surface area contributed by atoms with Crippen LogP contribution in [0.3, 0.4) is 0 Å². The number of rotatable bonds is 6. The minimum atomic E-state index is 0.0936. The van der Waals surface area contributed by atoms with Crippen LogP contribution < -0.4 is 10.2 Å². The summed E-state index contributed by atoms with van der Waals surface area (Å²) in [5.41, 5.74) is 3.56. The van der Waals surface area contributed by atoms with Crippen molar-refractivity contribution in [3.8, 4) is 0 Å². The van der Waals surface area contributed by atoms with E-state index in [9.17, 15) is 4.79 Å². The fraction of sp³-hybridized carbons (Fsp3) is 0.400. The zero-order valence-electron chi connectivity index (χ0n) is 14.3. The molecule has 1 fully saturated rings. The maximum atomic E-state index is 12.1. The molecule has 4 nitrogen and oxygen atoms in total. The van der Waals surface area contributed by atoms with Crippen molar-refractivity contribution in [2.75, 3.05) is 18.0 Å². The van der Waals surface area contributed by atoms with Gasteiger partial charge in [0.05, 0.1) is 0 Å². The predicted octanol–water partition coefficient (Wildman–Crippen LogP) is 3.24. The molecule has 0 aliphatic carbocycles. The Kier molecular flexibility index (Phi) is 5.47. The summed E-state index contributed by atoms with van der Waals surface area (Å²) >= 11 is 0. The van der Waals surface area contributed by atoms with Crippen LogP contribution in [0.2, 0.25) is 0 Å². The summed E-state index contributed by atoms with van der Waals surface area (Å²) in [6.45, 7) is 4.81. The molecule has 4 heteroatoms. The highest BCUT2D eigenvalue weighted by molar-refractivity contribution is 5.76. The highest BCUT2D eigenvalue weighted by atomic mass is 16.1. The monoisotopic (exact) mass is 323 g/mol. The van der Waals surface area contributed by atoms with E-state index in [0.29, 0.717) is 13.0 Å². The summed E-state index contributed by atoms with van der Waals surface area (Å²) in [5.74, 6) is 1.12. The van der Waals surface area contributed by atoms with Gasteiger partial charge in [-0.15, -0.1) is 0 Å². The van der Waals surface area contributed by atoms with Crippen molar-refractivity contribution in [2.45, 2.75) is 39.2 Å². The quantitative estimate of drug-likeness (QED) is 0.887. The third-order valence-electron chi connectivity index (χ3n) is 4.45. The molecule has 1 aromatic heterocycles. The van der Waals surface area contributed by atoms with Crippen LogP contribution in [0.4, 0.5) is 5.82 Å². The lowest BCUT2D eigenvalue weighted by atomic mass is 10.1. The van der Waals surface area contributed by atoms with E-state index >= 15 is 0 Å². The molecule has 1 N–H and O–H groups in total. The van der Waals surface area contributed by atoms with E-state index in [-0.39, 0.29) is 5.91 Å². The van der Waals surface area contributed by atoms with Crippen molar-refractivity contribution in [1.82, 2.24) is 10.3 Å². The standard InChI is InChI=1S/C20H25N3O/c1-16-5-4-6-17(13-16)7-8-20(24)22-15-18-9-10-21-19(14-18)23-11-2-3-12-23/h4-6,9-10,13-14H,2-3,7-8,11-12,15H2,1H3,(H,22,24). The molecular formula is C20H25N3O. The molecule has 2 aromatic rings. The molecule has 0 spiro atoms. The Hall–Kier alpha value is -2.36. The number of carbonyl (C=O) groups excluding carboxylic acids is 1. The molecule has 0 unspecified atom stereocenters. The zero-order chi connectivity index (χ0) is 16.8. The number of hydrogen-bond acceptors (Lipinski definition) is 3. The number of benzene rings is 1. The highest BCUT2D eigenvalue weighted by Crippen LogP contribution is 2.18. The Morgan fingerprint density at radius 3 is 2.79 bits per heavy atom. The summed E-state index contributed by atoms with van der Waals surface area (Å²) in [6, 6.07) is 12.4. The number of carbonyl (C=O) groups is 1. The average Bonchev–Trinajstić information content (AvgIpc) is 3.13. The Morgan fingerprint density at radius 2 is 2.00 bits per heavy atom. The minimum Gasteiger partial charge on any atom is -0.357 e. The van der Waals surface area contributed by atoms with Crippen molar-refractivity contribution < 1.29 is 4.79 Å². The van der Waals surface area contributed by atoms with E-state index in [2.05, 4.69) is 46.4 Å². The Labute approximate surface area is 143 Å². The number of nitrogens with zero attached hydrogens (tertiary/aromatic N) is 2. The molecule has 0 saturated carbocycles. The van der Waals surface area contributed by atoms with Gasteiger partial charge in [0.1, 0.15) is 5.82 Å². The Balaban J connectivity index is 1.48. The fourth-order valence-electron chi connectivity index (χ4n) is 3.10. The van der Waals surface area contributed by atoms with Crippen molar-refractivity contribution in [3.05, 3.63) is 59.3 Å². The summed E-state index contributed by atoms with van der Waals surface area (Å²) in [7, 11) is 0. The van der Waals surface area contributed by atoms with Gasteiger partial charge in [-0.25, -0.2) is 4.98 Å². The first-order valence-electron chi connectivity index (χ1n) is 8.73. The SMILES string of the molecule is Cc1cccc(CCC(=O)NCc2ccnc(N3CCCC3)c2)c1. The number of hydrogen-bond donors (Lipinski definition) is 1. The van der Waals surface area contributed by atoms with Gasteiger partial charge in [-0.1, -0.05) is 29.8 Å². The second-order valence-corrected chi connectivity index (χ2v) is 6.48. The van der Waals surface area contributed by atoms with Gasteiger partial charge in [-0.05, 0) is 49.4 Å². The first-order valence-corrected chi connectivity index (χ1v) is 8.73. The number of amides is 1. The molecule has 126 valence electrons. The number of aryl methyl sites for hydroxylation is 2. The van der Waals surface area contributed by atoms with E-state index < -0.39 is 0 Å². The van der Waals surface area contributed by atoms with Gasteiger partial charge in [-0.3, -0.25) is 4.79 Å². The smallest absolute Gasteiger partial charge is 0.220 e. The van der Waals surface area contributed by atoms with Gasteiger partial charge >= 0.3 is 0 Å². The first-order chi connectivity index (χ1) is 11.7. The van der Waals surface area contributed by atoms with Gasteiger partial charge in [-0.2, -0.15) is 0 Å². The Bertz CT molecular complexity index is 693. The van der Waals surface area contributed by atoms with Crippen LogP contribution in [0.1, 0.15) is 36.0 Å². The largest absolute Gasteiger partial charge is 0.357 e.